The monoisotopic (exact) mass is 240 g/mol. The van der Waals surface area contributed by atoms with Gasteiger partial charge in [-0.1, -0.05) is 32.4 Å². The third kappa shape index (κ3) is 4.35. The summed E-state index contributed by atoms with van der Waals surface area (Å²) in [6.45, 7) is 4.30. The van der Waals surface area contributed by atoms with E-state index in [-0.39, 0.29) is 11.6 Å². The summed E-state index contributed by atoms with van der Waals surface area (Å²) in [7, 11) is 0. The van der Waals surface area contributed by atoms with E-state index >= 15 is 0 Å². The number of benzene rings is 1. The number of carbonyl (C=O) groups is 1. The largest absolute Gasteiger partial charge is 0.293 e. The van der Waals surface area contributed by atoms with Crippen molar-refractivity contribution in [2.24, 2.45) is 5.92 Å². The molecule has 0 fully saturated rings. The third-order valence-corrected chi connectivity index (χ3v) is 3.75. The van der Waals surface area contributed by atoms with Crippen molar-refractivity contribution >= 4 is 17.5 Å². The van der Waals surface area contributed by atoms with E-state index in [9.17, 15) is 9.18 Å². The molecule has 1 aromatic carbocycles. The first-order valence-corrected chi connectivity index (χ1v) is 6.65. The van der Waals surface area contributed by atoms with Crippen molar-refractivity contribution in [3.8, 4) is 0 Å². The first-order valence-electron chi connectivity index (χ1n) is 5.50. The second kappa shape index (κ2) is 6.69. The van der Waals surface area contributed by atoms with Crippen LogP contribution in [-0.4, -0.2) is 17.3 Å². The van der Waals surface area contributed by atoms with E-state index in [1.54, 1.807) is 23.9 Å². The minimum Gasteiger partial charge on any atom is -0.293 e. The molecular weight excluding hydrogens is 223 g/mol. The molecule has 3 heteroatoms. The van der Waals surface area contributed by atoms with Gasteiger partial charge in [0.05, 0.1) is 5.75 Å². The molecule has 1 unspecified atom stereocenters. The summed E-state index contributed by atoms with van der Waals surface area (Å²) in [6, 6.07) is 5.88. The van der Waals surface area contributed by atoms with Crippen LogP contribution in [0.25, 0.3) is 0 Å². The highest BCUT2D eigenvalue weighted by atomic mass is 32.2. The summed E-state index contributed by atoms with van der Waals surface area (Å²) < 4.78 is 12.9. The lowest BCUT2D eigenvalue weighted by Crippen LogP contribution is -2.05. The van der Waals surface area contributed by atoms with Crippen LogP contribution in [0.3, 0.4) is 0 Å². The highest BCUT2D eigenvalue weighted by molar-refractivity contribution is 7.99. The predicted molar refractivity (Wildman–Crippen MR) is 67.5 cm³/mol. The fourth-order valence-electron chi connectivity index (χ4n) is 1.22. The highest BCUT2D eigenvalue weighted by Crippen LogP contribution is 2.14. The van der Waals surface area contributed by atoms with Gasteiger partial charge in [0.15, 0.2) is 5.78 Å². The maximum Gasteiger partial charge on any atom is 0.172 e. The molecule has 0 aliphatic rings. The zero-order chi connectivity index (χ0) is 12.0. The molecule has 0 amide bonds. The van der Waals surface area contributed by atoms with Gasteiger partial charge in [0.25, 0.3) is 0 Å². The summed E-state index contributed by atoms with van der Waals surface area (Å²) in [4.78, 5) is 11.7. The molecule has 16 heavy (non-hydrogen) atoms. The number of hydrogen-bond acceptors (Lipinski definition) is 2. The Morgan fingerprint density at radius 3 is 2.88 bits per heavy atom. The molecule has 0 aliphatic heterocycles. The van der Waals surface area contributed by atoms with E-state index in [2.05, 4.69) is 13.8 Å². The third-order valence-electron chi connectivity index (χ3n) is 2.48. The Labute approximate surface area is 100 Å². The molecule has 88 valence electrons. The van der Waals surface area contributed by atoms with Crippen LogP contribution in [0.5, 0.6) is 0 Å². The van der Waals surface area contributed by atoms with Gasteiger partial charge in [-0.15, -0.1) is 0 Å². The van der Waals surface area contributed by atoms with E-state index in [1.165, 1.54) is 12.1 Å². The van der Waals surface area contributed by atoms with E-state index in [4.69, 9.17) is 0 Å². The number of halogens is 1. The van der Waals surface area contributed by atoms with Crippen molar-refractivity contribution in [3.63, 3.8) is 0 Å². The van der Waals surface area contributed by atoms with E-state index in [0.717, 1.165) is 12.2 Å². The molecule has 0 bridgehead atoms. The van der Waals surface area contributed by atoms with Crippen molar-refractivity contribution in [3.05, 3.63) is 35.6 Å². The van der Waals surface area contributed by atoms with Crippen molar-refractivity contribution < 1.29 is 9.18 Å². The topological polar surface area (TPSA) is 17.1 Å². The molecule has 1 nitrogen and oxygen atoms in total. The smallest absolute Gasteiger partial charge is 0.172 e. The van der Waals surface area contributed by atoms with Crippen molar-refractivity contribution in [2.45, 2.75) is 20.3 Å². The van der Waals surface area contributed by atoms with Crippen LogP contribution in [0.4, 0.5) is 4.39 Å². The van der Waals surface area contributed by atoms with E-state index in [0.29, 0.717) is 17.2 Å². The van der Waals surface area contributed by atoms with Gasteiger partial charge in [-0.25, -0.2) is 4.39 Å². The molecule has 0 aromatic heterocycles. The second-order valence-corrected chi connectivity index (χ2v) is 4.99. The van der Waals surface area contributed by atoms with Gasteiger partial charge < -0.3 is 0 Å². The van der Waals surface area contributed by atoms with Crippen molar-refractivity contribution in [1.29, 1.82) is 0 Å². The lowest BCUT2D eigenvalue weighted by atomic mass is 10.1. The molecule has 0 radical (unpaired) electrons. The van der Waals surface area contributed by atoms with Crippen LogP contribution in [0.2, 0.25) is 0 Å². The lowest BCUT2D eigenvalue weighted by Gasteiger charge is -2.07. The number of rotatable bonds is 6. The van der Waals surface area contributed by atoms with Crippen LogP contribution >= 0.6 is 11.8 Å². The zero-order valence-electron chi connectivity index (χ0n) is 9.70. The minimum absolute atomic E-state index is 0.00723. The predicted octanol–water partition coefficient (Wildman–Crippen LogP) is 3.79. The summed E-state index contributed by atoms with van der Waals surface area (Å²) in [5, 5.41) is 0. The summed E-state index contributed by atoms with van der Waals surface area (Å²) in [5.41, 5.74) is 0.469. The van der Waals surface area contributed by atoms with Gasteiger partial charge in [-0.3, -0.25) is 4.79 Å². The summed E-state index contributed by atoms with van der Waals surface area (Å²) in [5.74, 6) is 1.71. The fraction of sp³-hybridized carbons (Fsp3) is 0.462. The molecule has 1 rings (SSSR count). The Morgan fingerprint density at radius 1 is 1.50 bits per heavy atom. The maximum absolute atomic E-state index is 12.9. The molecule has 0 heterocycles. The first kappa shape index (κ1) is 13.2. The average Bonchev–Trinajstić information content (AvgIpc) is 2.28. The Kier molecular flexibility index (Phi) is 5.53. The summed E-state index contributed by atoms with van der Waals surface area (Å²) in [6.07, 6.45) is 1.13. The van der Waals surface area contributed by atoms with Crippen LogP contribution in [0.15, 0.2) is 24.3 Å². The number of ketones is 1. The van der Waals surface area contributed by atoms with Crippen LogP contribution < -0.4 is 0 Å². The van der Waals surface area contributed by atoms with Gasteiger partial charge >= 0.3 is 0 Å². The molecule has 0 saturated carbocycles. The molecule has 0 N–H and O–H groups in total. The van der Waals surface area contributed by atoms with Gasteiger partial charge in [-0.2, -0.15) is 11.8 Å². The Morgan fingerprint density at radius 2 is 2.25 bits per heavy atom. The molecular formula is C13H17FOS. The van der Waals surface area contributed by atoms with Crippen LogP contribution in [0.1, 0.15) is 30.6 Å². The number of Topliss-reactive ketones (excluding diaryl/α,β-unsaturated/α-hetero) is 1. The van der Waals surface area contributed by atoms with Gasteiger partial charge in [-0.05, 0) is 23.8 Å². The van der Waals surface area contributed by atoms with E-state index < -0.39 is 0 Å². The summed E-state index contributed by atoms with van der Waals surface area (Å²) >= 11 is 1.62. The van der Waals surface area contributed by atoms with Crippen molar-refractivity contribution in [2.75, 3.05) is 11.5 Å². The Hall–Kier alpha value is -0.830. The Balaban J connectivity index is 2.41. The highest BCUT2D eigenvalue weighted by Gasteiger charge is 2.07. The van der Waals surface area contributed by atoms with Gasteiger partial charge in [0.2, 0.25) is 0 Å². The van der Waals surface area contributed by atoms with Gasteiger partial charge in [0.1, 0.15) is 5.82 Å². The lowest BCUT2D eigenvalue weighted by molar-refractivity contribution is 0.102. The van der Waals surface area contributed by atoms with E-state index in [1.807, 2.05) is 0 Å². The maximum atomic E-state index is 12.9. The molecule has 1 atom stereocenters. The average molecular weight is 240 g/mol. The number of thioether (sulfide) groups is 1. The zero-order valence-corrected chi connectivity index (χ0v) is 10.5. The molecule has 0 aliphatic carbocycles. The number of hydrogen-bond donors (Lipinski definition) is 0. The quantitative estimate of drug-likeness (QED) is 0.704. The molecule has 0 spiro atoms. The Bertz CT molecular complexity index is 352. The fourth-order valence-corrected chi connectivity index (χ4v) is 2.32. The SMILES string of the molecule is CCC(C)CSCC(=O)c1cccc(F)c1. The standard InChI is InChI=1S/C13H17FOS/c1-3-10(2)8-16-9-13(15)11-5-4-6-12(14)7-11/h4-7,10H,3,8-9H2,1-2H3. The number of carbonyl (C=O) groups excluding carboxylic acids is 1. The normalized spacial score (nSPS) is 12.4. The molecule has 1 aromatic rings. The van der Waals surface area contributed by atoms with Gasteiger partial charge in [0, 0.05) is 5.56 Å². The van der Waals surface area contributed by atoms with Crippen LogP contribution in [0, 0.1) is 11.7 Å². The van der Waals surface area contributed by atoms with Crippen molar-refractivity contribution in [1.82, 2.24) is 0 Å². The molecule has 0 saturated heterocycles. The minimum atomic E-state index is -0.349. The second-order valence-electron chi connectivity index (χ2n) is 3.96. The van der Waals surface area contributed by atoms with Crippen LogP contribution in [-0.2, 0) is 0 Å². The first-order chi connectivity index (χ1) is 7.63.